The number of carbonyl (C=O) groups is 2. The van der Waals surface area contributed by atoms with E-state index in [0.717, 1.165) is 11.3 Å². The summed E-state index contributed by atoms with van der Waals surface area (Å²) in [6, 6.07) is 7.42. The molecule has 0 fully saturated rings. The van der Waals surface area contributed by atoms with E-state index in [9.17, 15) is 9.59 Å². The largest absolute Gasteiger partial charge is 0.326 e. The van der Waals surface area contributed by atoms with E-state index in [0.29, 0.717) is 12.1 Å². The Kier molecular flexibility index (Phi) is 4.86. The first-order chi connectivity index (χ1) is 10.3. The Bertz CT molecular complexity index is 608. The molecular formula is C16H20ClN3O2. The Labute approximate surface area is 135 Å². The van der Waals surface area contributed by atoms with Gasteiger partial charge in [0.2, 0.25) is 11.8 Å². The molecule has 1 aromatic carbocycles. The Morgan fingerprint density at radius 3 is 2.59 bits per heavy atom. The second kappa shape index (κ2) is 6.48. The van der Waals surface area contributed by atoms with Crippen LogP contribution in [-0.2, 0) is 9.59 Å². The van der Waals surface area contributed by atoms with Crippen LogP contribution in [-0.4, -0.2) is 23.4 Å². The summed E-state index contributed by atoms with van der Waals surface area (Å²) in [6.45, 7) is 5.56. The monoisotopic (exact) mass is 321 g/mol. The summed E-state index contributed by atoms with van der Waals surface area (Å²) in [5, 5.41) is 6.97. The summed E-state index contributed by atoms with van der Waals surface area (Å²) in [5.74, 6) is 0.143. The minimum absolute atomic E-state index is 0.0663. The molecule has 1 aromatic rings. The third-order valence-corrected chi connectivity index (χ3v) is 4.31. The normalized spacial score (nSPS) is 18.5. The molecule has 1 aliphatic rings. The van der Waals surface area contributed by atoms with E-state index in [1.165, 1.54) is 0 Å². The van der Waals surface area contributed by atoms with Crippen LogP contribution < -0.4 is 10.7 Å². The van der Waals surface area contributed by atoms with Gasteiger partial charge in [0.1, 0.15) is 0 Å². The van der Waals surface area contributed by atoms with E-state index in [-0.39, 0.29) is 23.6 Å². The van der Waals surface area contributed by atoms with E-state index >= 15 is 0 Å². The lowest BCUT2D eigenvalue weighted by atomic mass is 9.93. The van der Waals surface area contributed by atoms with Crippen molar-refractivity contribution < 1.29 is 9.59 Å². The fourth-order valence-corrected chi connectivity index (χ4v) is 2.21. The van der Waals surface area contributed by atoms with E-state index in [2.05, 4.69) is 15.8 Å². The van der Waals surface area contributed by atoms with Crippen molar-refractivity contribution in [1.82, 2.24) is 5.43 Å². The van der Waals surface area contributed by atoms with Crippen molar-refractivity contribution in [3.05, 3.63) is 29.8 Å². The summed E-state index contributed by atoms with van der Waals surface area (Å²) in [5.41, 5.74) is 4.37. The van der Waals surface area contributed by atoms with Gasteiger partial charge in [-0.15, -0.1) is 11.6 Å². The molecule has 1 unspecified atom stereocenters. The van der Waals surface area contributed by atoms with Gasteiger partial charge >= 0.3 is 0 Å². The van der Waals surface area contributed by atoms with Crippen molar-refractivity contribution in [2.45, 2.75) is 27.2 Å². The molecule has 1 aliphatic heterocycles. The van der Waals surface area contributed by atoms with Crippen LogP contribution in [0.3, 0.4) is 0 Å². The van der Waals surface area contributed by atoms with Crippen molar-refractivity contribution in [1.29, 1.82) is 0 Å². The highest BCUT2D eigenvalue weighted by atomic mass is 35.5. The quantitative estimate of drug-likeness (QED) is 0.837. The lowest BCUT2D eigenvalue weighted by Gasteiger charge is -2.21. The van der Waals surface area contributed by atoms with E-state index < -0.39 is 5.41 Å². The first-order valence-corrected chi connectivity index (χ1v) is 7.71. The molecule has 2 N–H and O–H groups in total. The minimum Gasteiger partial charge on any atom is -0.326 e. The molecular weight excluding hydrogens is 302 g/mol. The van der Waals surface area contributed by atoms with Crippen LogP contribution in [0, 0.1) is 11.3 Å². The predicted octanol–water partition coefficient (Wildman–Crippen LogP) is 2.75. The number of hydrogen-bond donors (Lipinski definition) is 2. The number of halogens is 1. The average Bonchev–Trinajstić information content (AvgIpc) is 2.48. The molecule has 2 amide bonds. The van der Waals surface area contributed by atoms with E-state index in [1.54, 1.807) is 13.8 Å². The number of amides is 2. The zero-order valence-electron chi connectivity index (χ0n) is 12.9. The topological polar surface area (TPSA) is 70.6 Å². The molecule has 0 radical (unpaired) electrons. The van der Waals surface area contributed by atoms with Crippen molar-refractivity contribution in [3.8, 4) is 0 Å². The fraction of sp³-hybridized carbons (Fsp3) is 0.438. The third kappa shape index (κ3) is 3.65. The molecule has 0 spiro atoms. The second-order valence-corrected chi connectivity index (χ2v) is 6.45. The lowest BCUT2D eigenvalue weighted by molar-refractivity contribution is -0.123. The zero-order valence-corrected chi connectivity index (χ0v) is 13.7. The van der Waals surface area contributed by atoms with Gasteiger partial charge in [-0.05, 0) is 31.5 Å². The molecule has 1 heterocycles. The summed E-state index contributed by atoms with van der Waals surface area (Å²) < 4.78 is 0. The van der Waals surface area contributed by atoms with Gasteiger partial charge in [-0.2, -0.15) is 5.10 Å². The number of carbonyl (C=O) groups excluding carboxylic acids is 2. The summed E-state index contributed by atoms with van der Waals surface area (Å²) >= 11 is 5.80. The third-order valence-electron chi connectivity index (χ3n) is 3.65. The van der Waals surface area contributed by atoms with Crippen LogP contribution in [0.1, 0.15) is 32.8 Å². The van der Waals surface area contributed by atoms with Crippen LogP contribution in [0.2, 0.25) is 0 Å². The van der Waals surface area contributed by atoms with Gasteiger partial charge in [0.25, 0.3) is 0 Å². The molecule has 1 atom stereocenters. The fourth-order valence-electron chi connectivity index (χ4n) is 2.09. The molecule has 118 valence electrons. The van der Waals surface area contributed by atoms with E-state index in [4.69, 9.17) is 11.6 Å². The molecule has 0 saturated heterocycles. The second-order valence-electron chi connectivity index (χ2n) is 6.19. The number of alkyl halides is 1. The smallest absolute Gasteiger partial charge is 0.240 e. The van der Waals surface area contributed by atoms with Crippen LogP contribution >= 0.6 is 11.6 Å². The van der Waals surface area contributed by atoms with Crippen LogP contribution in [0.25, 0.3) is 0 Å². The van der Waals surface area contributed by atoms with Gasteiger partial charge in [-0.1, -0.05) is 19.1 Å². The maximum Gasteiger partial charge on any atom is 0.240 e. The number of hydrazone groups is 1. The maximum atomic E-state index is 12.1. The summed E-state index contributed by atoms with van der Waals surface area (Å²) in [7, 11) is 0. The predicted molar refractivity (Wildman–Crippen MR) is 88.0 cm³/mol. The Hall–Kier alpha value is -1.88. The van der Waals surface area contributed by atoms with Gasteiger partial charge in [0.15, 0.2) is 0 Å². The number of hydrogen-bond acceptors (Lipinski definition) is 3. The Balaban J connectivity index is 2.11. The number of nitrogens with one attached hydrogen (secondary N) is 2. The molecule has 22 heavy (non-hydrogen) atoms. The first kappa shape index (κ1) is 16.5. The molecule has 6 heteroatoms. The van der Waals surface area contributed by atoms with Gasteiger partial charge in [-0.3, -0.25) is 9.59 Å². The SMILES string of the molecule is CC1CC(=O)NN=C1c1ccc(NC(=O)C(C)(C)CCl)cc1. The molecule has 2 rings (SSSR count). The van der Waals surface area contributed by atoms with Crippen molar-refractivity contribution in [3.63, 3.8) is 0 Å². The molecule has 5 nitrogen and oxygen atoms in total. The van der Waals surface area contributed by atoms with Crippen LogP contribution in [0.5, 0.6) is 0 Å². The molecule has 0 bridgehead atoms. The summed E-state index contributed by atoms with van der Waals surface area (Å²) in [4.78, 5) is 23.3. The summed E-state index contributed by atoms with van der Waals surface area (Å²) in [6.07, 6.45) is 0.432. The van der Waals surface area contributed by atoms with Crippen molar-refractivity contribution in [2.24, 2.45) is 16.4 Å². The van der Waals surface area contributed by atoms with Crippen LogP contribution in [0.15, 0.2) is 29.4 Å². The first-order valence-electron chi connectivity index (χ1n) is 7.18. The standard InChI is InChI=1S/C16H20ClN3O2/c1-10-8-13(21)19-20-14(10)11-4-6-12(7-5-11)18-15(22)16(2,3)9-17/h4-7,10H,8-9H2,1-3H3,(H,18,22)(H,19,21). The van der Waals surface area contributed by atoms with Crippen LogP contribution in [0.4, 0.5) is 5.69 Å². The van der Waals surface area contributed by atoms with Gasteiger partial charge in [0, 0.05) is 23.9 Å². The highest BCUT2D eigenvalue weighted by Gasteiger charge is 2.26. The maximum absolute atomic E-state index is 12.1. The zero-order chi connectivity index (χ0) is 16.3. The number of nitrogens with zero attached hydrogens (tertiary/aromatic N) is 1. The lowest BCUT2D eigenvalue weighted by Crippen LogP contribution is -2.32. The van der Waals surface area contributed by atoms with Gasteiger partial charge in [0.05, 0.1) is 11.1 Å². The molecule has 0 aromatic heterocycles. The highest BCUT2D eigenvalue weighted by molar-refractivity contribution is 6.20. The highest BCUT2D eigenvalue weighted by Crippen LogP contribution is 2.22. The Morgan fingerprint density at radius 1 is 1.41 bits per heavy atom. The Morgan fingerprint density at radius 2 is 2.05 bits per heavy atom. The van der Waals surface area contributed by atoms with Crippen molar-refractivity contribution in [2.75, 3.05) is 11.2 Å². The molecule has 0 saturated carbocycles. The molecule has 0 aliphatic carbocycles. The van der Waals surface area contributed by atoms with Gasteiger partial charge < -0.3 is 5.32 Å². The van der Waals surface area contributed by atoms with E-state index in [1.807, 2.05) is 31.2 Å². The van der Waals surface area contributed by atoms with Crippen molar-refractivity contribution >= 4 is 34.8 Å². The van der Waals surface area contributed by atoms with Gasteiger partial charge in [-0.25, -0.2) is 5.43 Å². The number of benzene rings is 1. The average molecular weight is 322 g/mol. The number of anilines is 1. The number of rotatable bonds is 4. The minimum atomic E-state index is -0.619.